The maximum absolute atomic E-state index is 5.12. The maximum atomic E-state index is 5.12. The molecule has 0 spiro atoms. The van der Waals surface area contributed by atoms with E-state index in [1.807, 2.05) is 0 Å². The van der Waals surface area contributed by atoms with Crippen LogP contribution in [0.3, 0.4) is 0 Å². The molecule has 1 aliphatic rings. The molecule has 0 amide bonds. The van der Waals surface area contributed by atoms with Gasteiger partial charge in [0.05, 0.1) is 6.54 Å². The van der Waals surface area contributed by atoms with E-state index in [4.69, 9.17) is 9.73 Å². The van der Waals surface area contributed by atoms with Crippen molar-refractivity contribution < 1.29 is 4.74 Å². The highest BCUT2D eigenvalue weighted by Crippen LogP contribution is 2.18. The van der Waals surface area contributed by atoms with E-state index in [0.717, 1.165) is 64.8 Å². The van der Waals surface area contributed by atoms with Crippen molar-refractivity contribution in [1.29, 1.82) is 0 Å². The van der Waals surface area contributed by atoms with E-state index in [0.29, 0.717) is 6.54 Å². The summed E-state index contributed by atoms with van der Waals surface area (Å²) in [4.78, 5) is 9.84. The van der Waals surface area contributed by atoms with Crippen LogP contribution in [0.2, 0.25) is 0 Å². The van der Waals surface area contributed by atoms with Crippen molar-refractivity contribution in [3.8, 4) is 0 Å². The van der Waals surface area contributed by atoms with Gasteiger partial charge in [-0.1, -0.05) is 42.5 Å². The van der Waals surface area contributed by atoms with Gasteiger partial charge in [-0.25, -0.2) is 4.99 Å². The average Bonchev–Trinajstić information content (AvgIpc) is 2.82. The Balaban J connectivity index is 1.55. The molecule has 2 N–H and O–H groups in total. The molecule has 0 atom stereocenters. The molecule has 2 aromatic carbocycles. The Morgan fingerprint density at radius 3 is 2.35 bits per heavy atom. The lowest BCUT2D eigenvalue weighted by Gasteiger charge is -2.36. The molecule has 0 aliphatic carbocycles. The number of hydrogen-bond donors (Lipinski definition) is 2. The van der Waals surface area contributed by atoms with Gasteiger partial charge in [-0.3, -0.25) is 4.90 Å². The van der Waals surface area contributed by atoms with Crippen LogP contribution in [0.5, 0.6) is 0 Å². The first-order valence-corrected chi connectivity index (χ1v) is 11.4. The zero-order chi connectivity index (χ0) is 21.7. The summed E-state index contributed by atoms with van der Waals surface area (Å²) >= 11 is 0. The van der Waals surface area contributed by atoms with E-state index in [1.165, 1.54) is 16.8 Å². The lowest BCUT2D eigenvalue weighted by molar-refractivity contribution is 0.195. The second-order valence-electron chi connectivity index (χ2n) is 7.84. The third-order valence-electron chi connectivity index (χ3n) is 5.58. The number of guanidine groups is 1. The molecule has 2 aromatic rings. The van der Waals surface area contributed by atoms with Gasteiger partial charge in [-0.05, 0) is 36.6 Å². The van der Waals surface area contributed by atoms with E-state index >= 15 is 0 Å². The summed E-state index contributed by atoms with van der Waals surface area (Å²) in [5.74, 6) is 0.866. The zero-order valence-corrected chi connectivity index (χ0v) is 19.0. The van der Waals surface area contributed by atoms with Gasteiger partial charge < -0.3 is 20.3 Å². The van der Waals surface area contributed by atoms with E-state index in [1.54, 1.807) is 7.11 Å². The average molecular weight is 424 g/mol. The van der Waals surface area contributed by atoms with E-state index in [9.17, 15) is 0 Å². The Morgan fingerprint density at radius 1 is 0.935 bits per heavy atom. The smallest absolute Gasteiger partial charge is 0.191 e. The highest BCUT2D eigenvalue weighted by atomic mass is 16.5. The Labute approximate surface area is 187 Å². The summed E-state index contributed by atoms with van der Waals surface area (Å²) in [6, 6.07) is 19.4. The summed E-state index contributed by atoms with van der Waals surface area (Å²) in [6.07, 6.45) is 0.965. The first-order chi connectivity index (χ1) is 15.3. The standard InChI is InChI=1S/C25H37N5O/c1-3-26-25(27-14-9-19-31-2)28-20-22-10-7-8-11-23(22)21-29-15-17-30(18-16-29)24-12-5-4-6-13-24/h4-8,10-13H,3,9,14-21H2,1-2H3,(H2,26,27,28). The minimum absolute atomic E-state index is 0.680. The molecule has 3 rings (SSSR count). The van der Waals surface area contributed by atoms with Crippen molar-refractivity contribution in [3.05, 3.63) is 65.7 Å². The van der Waals surface area contributed by atoms with Crippen LogP contribution in [0.4, 0.5) is 5.69 Å². The molecule has 6 nitrogen and oxygen atoms in total. The predicted molar refractivity (Wildman–Crippen MR) is 130 cm³/mol. The molecule has 1 fully saturated rings. The third kappa shape index (κ3) is 7.56. The van der Waals surface area contributed by atoms with Gasteiger partial charge in [-0.2, -0.15) is 0 Å². The van der Waals surface area contributed by atoms with Crippen molar-refractivity contribution >= 4 is 11.6 Å². The number of aliphatic imine (C=N–C) groups is 1. The highest BCUT2D eigenvalue weighted by molar-refractivity contribution is 5.79. The summed E-state index contributed by atoms with van der Waals surface area (Å²) in [5, 5.41) is 6.72. The summed E-state index contributed by atoms with van der Waals surface area (Å²) < 4.78 is 5.12. The van der Waals surface area contributed by atoms with Gasteiger partial charge in [-0.15, -0.1) is 0 Å². The number of piperazine rings is 1. The molecule has 1 heterocycles. The molecular weight excluding hydrogens is 386 g/mol. The SMILES string of the molecule is CCNC(=NCc1ccccc1CN1CCN(c2ccccc2)CC1)NCCCOC. The monoisotopic (exact) mass is 423 g/mol. The quantitative estimate of drug-likeness (QED) is 0.349. The lowest BCUT2D eigenvalue weighted by Crippen LogP contribution is -2.46. The fraction of sp³-hybridized carbons (Fsp3) is 0.480. The molecular formula is C25H37N5O. The van der Waals surface area contributed by atoms with E-state index in [-0.39, 0.29) is 0 Å². The van der Waals surface area contributed by atoms with Crippen molar-refractivity contribution in [2.75, 3.05) is 57.9 Å². The van der Waals surface area contributed by atoms with Crippen LogP contribution in [0.25, 0.3) is 0 Å². The topological polar surface area (TPSA) is 52.1 Å². The normalized spacial score (nSPS) is 15.2. The van der Waals surface area contributed by atoms with Crippen LogP contribution in [-0.2, 0) is 17.8 Å². The van der Waals surface area contributed by atoms with Gasteiger partial charge in [0.25, 0.3) is 0 Å². The fourth-order valence-corrected chi connectivity index (χ4v) is 3.84. The molecule has 0 saturated carbocycles. The number of nitrogens with zero attached hydrogens (tertiary/aromatic N) is 3. The number of ether oxygens (including phenoxy) is 1. The molecule has 1 saturated heterocycles. The number of hydrogen-bond acceptors (Lipinski definition) is 4. The molecule has 1 aliphatic heterocycles. The Hall–Kier alpha value is -2.57. The Morgan fingerprint density at radius 2 is 1.65 bits per heavy atom. The number of benzene rings is 2. The fourth-order valence-electron chi connectivity index (χ4n) is 3.84. The van der Waals surface area contributed by atoms with Crippen molar-refractivity contribution in [2.24, 2.45) is 4.99 Å². The predicted octanol–water partition coefficient (Wildman–Crippen LogP) is 3.10. The van der Waals surface area contributed by atoms with Gasteiger partial charge in [0.1, 0.15) is 0 Å². The van der Waals surface area contributed by atoms with Crippen molar-refractivity contribution in [2.45, 2.75) is 26.4 Å². The van der Waals surface area contributed by atoms with E-state index in [2.05, 4.69) is 82.0 Å². The van der Waals surface area contributed by atoms with Crippen LogP contribution in [-0.4, -0.2) is 63.8 Å². The van der Waals surface area contributed by atoms with Crippen LogP contribution in [0, 0.1) is 0 Å². The van der Waals surface area contributed by atoms with E-state index < -0.39 is 0 Å². The number of methoxy groups -OCH3 is 1. The minimum atomic E-state index is 0.680. The molecule has 168 valence electrons. The van der Waals surface area contributed by atoms with Crippen LogP contribution >= 0.6 is 0 Å². The largest absolute Gasteiger partial charge is 0.385 e. The third-order valence-corrected chi connectivity index (χ3v) is 5.58. The molecule has 0 unspecified atom stereocenters. The van der Waals surface area contributed by atoms with Crippen LogP contribution in [0.1, 0.15) is 24.5 Å². The van der Waals surface area contributed by atoms with Crippen LogP contribution < -0.4 is 15.5 Å². The molecule has 0 bridgehead atoms. The second-order valence-corrected chi connectivity index (χ2v) is 7.84. The molecule has 31 heavy (non-hydrogen) atoms. The first-order valence-electron chi connectivity index (χ1n) is 11.4. The Bertz CT molecular complexity index is 788. The van der Waals surface area contributed by atoms with Gasteiger partial charge >= 0.3 is 0 Å². The van der Waals surface area contributed by atoms with Gasteiger partial charge in [0, 0.05) is 65.2 Å². The number of anilines is 1. The summed E-state index contributed by atoms with van der Waals surface area (Å²) in [6.45, 7) is 10.5. The van der Waals surface area contributed by atoms with Crippen LogP contribution in [0.15, 0.2) is 59.6 Å². The first kappa shape index (κ1) is 23.1. The lowest BCUT2D eigenvalue weighted by atomic mass is 10.1. The zero-order valence-electron chi connectivity index (χ0n) is 19.0. The summed E-state index contributed by atoms with van der Waals surface area (Å²) in [7, 11) is 1.73. The second kappa shape index (κ2) is 13.0. The number of para-hydroxylation sites is 1. The molecule has 0 aromatic heterocycles. The van der Waals surface area contributed by atoms with Gasteiger partial charge in [0.2, 0.25) is 0 Å². The van der Waals surface area contributed by atoms with Crippen molar-refractivity contribution in [3.63, 3.8) is 0 Å². The maximum Gasteiger partial charge on any atom is 0.191 e. The number of nitrogens with one attached hydrogen (secondary N) is 2. The van der Waals surface area contributed by atoms with Gasteiger partial charge in [0.15, 0.2) is 5.96 Å². The molecule has 0 radical (unpaired) electrons. The summed E-state index contributed by atoms with van der Waals surface area (Å²) in [5.41, 5.74) is 3.99. The minimum Gasteiger partial charge on any atom is -0.385 e. The van der Waals surface area contributed by atoms with Crippen molar-refractivity contribution in [1.82, 2.24) is 15.5 Å². The highest BCUT2D eigenvalue weighted by Gasteiger charge is 2.18. The number of rotatable bonds is 10. The Kier molecular flexibility index (Phi) is 9.67. The molecule has 6 heteroatoms.